The molecule has 0 unspecified atom stereocenters. The zero-order chi connectivity index (χ0) is 41.6. The van der Waals surface area contributed by atoms with Crippen LogP contribution in [-0.4, -0.2) is 85.8 Å². The molecule has 6 aromatic rings. The number of hydrogen-bond acceptors (Lipinski definition) is 18. The average molecular weight is 1150 g/mol. The number of fused-ring (bicyclic) bond motifs is 2. The van der Waals surface area contributed by atoms with Crippen molar-refractivity contribution in [2.75, 3.05) is 28.4 Å². The summed E-state index contributed by atoms with van der Waals surface area (Å²) in [5, 5.41) is 40.1. The van der Waals surface area contributed by atoms with Crippen molar-refractivity contribution in [3.63, 3.8) is 0 Å². The van der Waals surface area contributed by atoms with E-state index in [1.165, 1.54) is 52.7 Å². The molecule has 367 valence electrons. The molecule has 0 amide bonds. The standard InChI is InChI=1S/2C17H13BrO9S.Co.8H2O/c2*1-25-9-4-3-7(5-10(9)28(22,23)24)8-6-27-16-11(13(8)19)14(20)17(26-2)15(21)12(16)18;;;;;;;;;/h2*3-6,20-21H,1-2H3,(H,22,23,24);;8*1H2/q;;+2;;;;;;;;/p+4. The van der Waals surface area contributed by atoms with E-state index < -0.39 is 63.9 Å². The largest absolute Gasteiger partial charge is 2.00 e. The minimum Gasteiger partial charge on any atom is -0.744 e. The second kappa shape index (κ2) is 26.0. The van der Waals surface area contributed by atoms with Crippen molar-refractivity contribution >= 4 is 74.0 Å². The first-order valence-corrected chi connectivity index (χ1v) is 19.4. The first-order valence-electron chi connectivity index (χ1n) is 15.0. The van der Waals surface area contributed by atoms with Gasteiger partial charge in [-0.3, -0.25) is 9.59 Å². The summed E-state index contributed by atoms with van der Waals surface area (Å²) in [6, 6.07) is 7.10. The van der Waals surface area contributed by atoms with Crippen molar-refractivity contribution in [1.82, 2.24) is 0 Å². The number of benzene rings is 4. The van der Waals surface area contributed by atoms with E-state index in [4.69, 9.17) is 27.8 Å². The van der Waals surface area contributed by atoms with Gasteiger partial charge in [0.25, 0.3) is 0 Å². The Kier molecular flexibility index (Phi) is 27.5. The van der Waals surface area contributed by atoms with Crippen LogP contribution in [0.1, 0.15) is 0 Å². The molecule has 26 N–H and O–H groups in total. The first kappa shape index (κ1) is 68.7. The number of rotatable bonds is 8. The van der Waals surface area contributed by atoms with Gasteiger partial charge in [0.2, 0.25) is 22.4 Å². The van der Waals surface area contributed by atoms with Gasteiger partial charge in [-0.15, -0.1) is 0 Å². The molecule has 0 bridgehead atoms. The monoisotopic (exact) mass is 1150 g/mol. The number of hydrogen-bond donors (Lipinski definition) is 4. The minimum absolute atomic E-state index is 0. The fraction of sp³-hybridized carbons (Fsp3) is 0.118. The van der Waals surface area contributed by atoms with E-state index in [2.05, 4.69) is 31.9 Å². The van der Waals surface area contributed by atoms with Crippen LogP contribution in [0.4, 0.5) is 0 Å². The van der Waals surface area contributed by atoms with E-state index in [0.29, 0.717) is 0 Å². The van der Waals surface area contributed by atoms with Crippen molar-refractivity contribution in [3.05, 3.63) is 78.3 Å². The third-order valence-corrected chi connectivity index (χ3v) is 11.2. The van der Waals surface area contributed by atoms with Crippen molar-refractivity contribution in [1.29, 1.82) is 0 Å². The van der Waals surface area contributed by atoms with Gasteiger partial charge >= 0.3 is 16.8 Å². The van der Waals surface area contributed by atoms with Gasteiger partial charge in [0.1, 0.15) is 64.0 Å². The van der Waals surface area contributed by atoms with E-state index in [0.717, 1.165) is 24.7 Å². The van der Waals surface area contributed by atoms with Gasteiger partial charge in [0, 0.05) is 0 Å². The van der Waals surface area contributed by atoms with Gasteiger partial charge < -0.3 is 101 Å². The van der Waals surface area contributed by atoms with E-state index in [1.54, 1.807) is 0 Å². The zero-order valence-corrected chi connectivity index (χ0v) is 39.3. The van der Waals surface area contributed by atoms with Crippen LogP contribution in [0, 0.1) is 0 Å². The SMILES string of the molecule is COc1ccc(-c2coc3c(Br)c(O)c(OC)c(O)c3c2=O)cc1S(=O)(=O)[O-].COc1ccc(-c2coc3c(Br)c(O)c(OC)c(O)c3c2=O)cc1S(=O)(=O)[O-].O.O.[Co+2].[OH3+].[OH3+].[OH3+].[OH3+].[OH3+].[OH3+]. The Balaban J connectivity index is -0.000000324. The Bertz CT molecular complexity index is 2740. The van der Waals surface area contributed by atoms with Gasteiger partial charge in [-0.1, -0.05) is 12.1 Å². The Morgan fingerprint density at radius 2 is 0.831 bits per heavy atom. The van der Waals surface area contributed by atoms with E-state index in [-0.39, 0.29) is 137 Å². The number of phenols is 4. The fourth-order valence-corrected chi connectivity index (χ4v) is 7.70. The molecule has 1 radical (unpaired) electrons. The minimum atomic E-state index is -4.88. The molecular weight excluding hydrogens is 1110 g/mol. The molecule has 2 heterocycles. The summed E-state index contributed by atoms with van der Waals surface area (Å²) in [6.07, 6.45) is 2.04. The van der Waals surface area contributed by atoms with Gasteiger partial charge in [-0.2, -0.15) is 0 Å². The van der Waals surface area contributed by atoms with Gasteiger partial charge in [0.15, 0.2) is 34.2 Å². The first-order chi connectivity index (χ1) is 26.2. The molecule has 4 aromatic carbocycles. The topological polar surface area (TPSA) is 554 Å². The molecule has 65 heavy (non-hydrogen) atoms. The molecule has 0 atom stereocenters. The Morgan fingerprint density at radius 1 is 0.538 bits per heavy atom. The number of aromatic hydroxyl groups is 4. The molecule has 0 spiro atoms. The maximum absolute atomic E-state index is 13.0. The van der Waals surface area contributed by atoms with Crippen molar-refractivity contribution < 1.29 is 135 Å². The predicted octanol–water partition coefficient (Wildman–Crippen LogP) is -2.07. The predicted molar refractivity (Wildman–Crippen MR) is 236 cm³/mol. The maximum atomic E-state index is 13.0. The van der Waals surface area contributed by atoms with Crippen LogP contribution in [0.3, 0.4) is 0 Å². The van der Waals surface area contributed by atoms with Crippen molar-refractivity contribution in [2.24, 2.45) is 0 Å². The van der Waals surface area contributed by atoms with Crippen molar-refractivity contribution in [3.8, 4) is 68.2 Å². The third-order valence-electron chi connectivity index (χ3n) is 8.03. The van der Waals surface area contributed by atoms with E-state index in [1.807, 2.05) is 0 Å². The van der Waals surface area contributed by atoms with Crippen LogP contribution in [0.25, 0.3) is 44.2 Å². The quantitative estimate of drug-likeness (QED) is 0.0939. The summed E-state index contributed by atoms with van der Waals surface area (Å²) < 4.78 is 99.2. The van der Waals surface area contributed by atoms with Crippen LogP contribution in [0.2, 0.25) is 0 Å². The Morgan fingerprint density at radius 3 is 1.08 bits per heavy atom. The molecule has 0 aliphatic carbocycles. The number of halogens is 2. The average Bonchev–Trinajstić information content (AvgIpc) is 3.15. The second-order valence-corrected chi connectivity index (χ2v) is 15.4. The smallest absolute Gasteiger partial charge is 0.744 e. The molecule has 31 heteroatoms. The number of ether oxygens (including phenoxy) is 4. The van der Waals surface area contributed by atoms with Crippen LogP contribution in [0.15, 0.2) is 86.1 Å². The second-order valence-electron chi connectivity index (χ2n) is 11.1. The summed E-state index contributed by atoms with van der Waals surface area (Å²) >= 11 is 6.13. The van der Waals surface area contributed by atoms with Gasteiger partial charge in [0.05, 0.1) is 49.4 Å². The van der Waals surface area contributed by atoms with Crippen LogP contribution in [0.5, 0.6) is 46.0 Å². The third kappa shape index (κ3) is 12.5. The summed E-state index contributed by atoms with van der Waals surface area (Å²) in [4.78, 5) is 24.6. The molecule has 2 aromatic heterocycles. The Hall–Kier alpha value is -5.33. The molecule has 0 aliphatic heterocycles. The fourth-order valence-electron chi connectivity index (χ4n) is 5.42. The van der Waals surface area contributed by atoms with Crippen LogP contribution >= 0.6 is 31.9 Å². The zero-order valence-electron chi connectivity index (χ0n) is 33.5. The number of methoxy groups -OCH3 is 4. The molecular formula is C34H46Br2CoO26S2+6. The van der Waals surface area contributed by atoms with Crippen LogP contribution in [-0.2, 0) is 69.9 Å². The van der Waals surface area contributed by atoms with E-state index >= 15 is 0 Å². The molecule has 0 saturated carbocycles. The summed E-state index contributed by atoms with van der Waals surface area (Å²) in [6.45, 7) is 0. The molecule has 0 fully saturated rings. The summed E-state index contributed by atoms with van der Waals surface area (Å²) in [7, 11) is -4.99. The summed E-state index contributed by atoms with van der Waals surface area (Å²) in [5.41, 5.74) is -1.93. The normalized spacial score (nSPS) is 9.97. The van der Waals surface area contributed by atoms with Crippen molar-refractivity contribution in [2.45, 2.75) is 9.79 Å². The van der Waals surface area contributed by atoms with Gasteiger partial charge in [-0.25, -0.2) is 16.8 Å². The molecule has 0 saturated heterocycles. The Labute approximate surface area is 391 Å². The molecule has 0 aliphatic rings. The summed E-state index contributed by atoms with van der Waals surface area (Å²) in [5.74, 6) is -3.29. The van der Waals surface area contributed by atoms with Gasteiger partial charge in [-0.05, 0) is 67.3 Å². The molecule has 6 rings (SSSR count). The number of phenolic OH excluding ortho intramolecular Hbond substituents is 4. The van der Waals surface area contributed by atoms with Crippen LogP contribution < -0.4 is 29.8 Å². The van der Waals surface area contributed by atoms with E-state index in [9.17, 15) is 56.0 Å². The maximum Gasteiger partial charge on any atom is 2.00 e. The molecule has 26 nitrogen and oxygen atoms in total.